The molecule has 0 heterocycles. The number of thioether (sulfide) groups is 1. The molecule has 12 heavy (non-hydrogen) atoms. The molecule has 1 atom stereocenters. The van der Waals surface area contributed by atoms with Crippen molar-refractivity contribution in [1.82, 2.24) is 5.32 Å². The number of hydrogen-bond acceptors (Lipinski definition) is 2. The molecule has 1 rings (SSSR count). The summed E-state index contributed by atoms with van der Waals surface area (Å²) in [6, 6.07) is 0. The molecule has 1 fully saturated rings. The summed E-state index contributed by atoms with van der Waals surface area (Å²) in [6.07, 6.45) is 7.31. The van der Waals surface area contributed by atoms with Crippen molar-refractivity contribution >= 4 is 11.8 Å². The molecule has 1 aliphatic rings. The molecular weight excluding hydrogens is 166 g/mol. The molecule has 0 aromatic heterocycles. The van der Waals surface area contributed by atoms with Crippen molar-refractivity contribution < 1.29 is 0 Å². The van der Waals surface area contributed by atoms with Crippen molar-refractivity contribution in [3.63, 3.8) is 0 Å². The zero-order valence-electron chi connectivity index (χ0n) is 8.31. The van der Waals surface area contributed by atoms with E-state index in [0.717, 1.165) is 17.0 Å². The van der Waals surface area contributed by atoms with Gasteiger partial charge in [0, 0.05) is 17.0 Å². The first kappa shape index (κ1) is 10.4. The molecule has 1 nitrogen and oxygen atoms in total. The van der Waals surface area contributed by atoms with Gasteiger partial charge >= 0.3 is 0 Å². The van der Waals surface area contributed by atoms with Crippen molar-refractivity contribution in [2.24, 2.45) is 0 Å². The molecule has 72 valence electrons. The van der Waals surface area contributed by atoms with Gasteiger partial charge in [0.25, 0.3) is 0 Å². The number of rotatable bonds is 4. The summed E-state index contributed by atoms with van der Waals surface area (Å²) in [5, 5.41) is 4.99. The van der Waals surface area contributed by atoms with E-state index < -0.39 is 0 Å². The molecule has 1 N–H and O–H groups in total. The van der Waals surface area contributed by atoms with Crippen LogP contribution in [0.15, 0.2) is 0 Å². The molecule has 1 unspecified atom stereocenters. The molecule has 0 amide bonds. The van der Waals surface area contributed by atoms with Gasteiger partial charge in [0.05, 0.1) is 0 Å². The minimum atomic E-state index is 0.790. The maximum atomic E-state index is 3.24. The van der Waals surface area contributed by atoms with E-state index in [9.17, 15) is 0 Å². The van der Waals surface area contributed by atoms with Crippen LogP contribution in [0.3, 0.4) is 0 Å². The molecule has 2 heteroatoms. The summed E-state index contributed by atoms with van der Waals surface area (Å²) in [5.41, 5.74) is 0. The quantitative estimate of drug-likeness (QED) is 0.726. The number of nitrogens with one attached hydrogen (secondary N) is 1. The Kier molecular flexibility index (Phi) is 5.08. The van der Waals surface area contributed by atoms with Gasteiger partial charge in [-0.15, -0.1) is 0 Å². The van der Waals surface area contributed by atoms with Crippen LogP contribution in [0.25, 0.3) is 0 Å². The maximum Gasteiger partial charge on any atom is 0.0146 e. The molecule has 0 saturated heterocycles. The second-order valence-corrected chi connectivity index (χ2v) is 5.51. The summed E-state index contributed by atoms with van der Waals surface area (Å²) in [6.45, 7) is 3.48. The lowest BCUT2D eigenvalue weighted by atomic mass is 10.0. The fourth-order valence-corrected chi connectivity index (χ4v) is 3.39. The minimum absolute atomic E-state index is 0.790. The van der Waals surface area contributed by atoms with Gasteiger partial charge in [-0.2, -0.15) is 11.8 Å². The van der Waals surface area contributed by atoms with Gasteiger partial charge in [0.2, 0.25) is 0 Å². The highest BCUT2D eigenvalue weighted by atomic mass is 32.2. The molecule has 0 radical (unpaired) electrons. The van der Waals surface area contributed by atoms with Crippen molar-refractivity contribution in [3.8, 4) is 0 Å². The topological polar surface area (TPSA) is 12.0 Å². The normalized spacial score (nSPS) is 22.5. The first-order chi connectivity index (χ1) is 5.83. The van der Waals surface area contributed by atoms with Gasteiger partial charge in [0.15, 0.2) is 0 Å². The van der Waals surface area contributed by atoms with Crippen LogP contribution in [0.2, 0.25) is 0 Å². The molecule has 0 aromatic carbocycles. The Morgan fingerprint density at radius 1 is 1.33 bits per heavy atom. The largest absolute Gasteiger partial charge is 0.319 e. The van der Waals surface area contributed by atoms with E-state index in [1.807, 2.05) is 7.05 Å². The fourth-order valence-electron chi connectivity index (χ4n) is 1.87. The van der Waals surface area contributed by atoms with Gasteiger partial charge in [-0.05, 0) is 19.9 Å². The molecule has 1 aliphatic carbocycles. The van der Waals surface area contributed by atoms with Crippen LogP contribution in [0.1, 0.15) is 39.0 Å². The van der Waals surface area contributed by atoms with Crippen LogP contribution < -0.4 is 5.32 Å². The highest BCUT2D eigenvalue weighted by molar-refractivity contribution is 8.00. The van der Waals surface area contributed by atoms with Gasteiger partial charge in [-0.25, -0.2) is 0 Å². The van der Waals surface area contributed by atoms with Crippen LogP contribution >= 0.6 is 11.8 Å². The predicted octanol–water partition coefficient (Wildman–Crippen LogP) is 2.66. The van der Waals surface area contributed by atoms with E-state index in [1.54, 1.807) is 0 Å². The third-order valence-electron chi connectivity index (χ3n) is 2.47. The van der Waals surface area contributed by atoms with Crippen LogP contribution in [0, 0.1) is 0 Å². The van der Waals surface area contributed by atoms with Gasteiger partial charge in [0.1, 0.15) is 0 Å². The van der Waals surface area contributed by atoms with E-state index in [0.29, 0.717) is 0 Å². The van der Waals surface area contributed by atoms with Gasteiger partial charge in [-0.3, -0.25) is 0 Å². The Bertz CT molecular complexity index is 110. The first-order valence-electron chi connectivity index (χ1n) is 5.13. The summed E-state index contributed by atoms with van der Waals surface area (Å²) in [5.74, 6) is 0. The SMILES string of the molecule is CNCC(C)SC1CCCCC1. The lowest BCUT2D eigenvalue weighted by Gasteiger charge is -2.24. The zero-order valence-corrected chi connectivity index (χ0v) is 9.12. The van der Waals surface area contributed by atoms with E-state index >= 15 is 0 Å². The number of hydrogen-bond donors (Lipinski definition) is 1. The van der Waals surface area contributed by atoms with Crippen molar-refractivity contribution in [2.45, 2.75) is 49.5 Å². The van der Waals surface area contributed by atoms with Gasteiger partial charge < -0.3 is 5.32 Å². The third kappa shape index (κ3) is 3.81. The van der Waals surface area contributed by atoms with Crippen molar-refractivity contribution in [3.05, 3.63) is 0 Å². The van der Waals surface area contributed by atoms with Crippen LogP contribution in [-0.4, -0.2) is 24.1 Å². The van der Waals surface area contributed by atoms with E-state index in [-0.39, 0.29) is 0 Å². The van der Waals surface area contributed by atoms with Gasteiger partial charge in [-0.1, -0.05) is 26.2 Å². The Morgan fingerprint density at radius 3 is 2.58 bits per heavy atom. The van der Waals surface area contributed by atoms with Crippen LogP contribution in [0.4, 0.5) is 0 Å². The molecule has 1 saturated carbocycles. The molecule has 0 spiro atoms. The molecule has 0 aliphatic heterocycles. The lowest BCUT2D eigenvalue weighted by Crippen LogP contribution is -2.21. The Morgan fingerprint density at radius 2 is 2.00 bits per heavy atom. The summed E-state index contributed by atoms with van der Waals surface area (Å²) in [4.78, 5) is 0. The Labute approximate surface area is 80.7 Å². The third-order valence-corrected chi connectivity index (χ3v) is 3.96. The average molecular weight is 187 g/mol. The summed E-state index contributed by atoms with van der Waals surface area (Å²) in [7, 11) is 2.04. The maximum absolute atomic E-state index is 3.24. The Balaban J connectivity index is 2.11. The monoisotopic (exact) mass is 187 g/mol. The lowest BCUT2D eigenvalue weighted by molar-refractivity contribution is 0.514. The molecular formula is C10H21NS. The summed E-state index contributed by atoms with van der Waals surface area (Å²) < 4.78 is 0. The Hall–Kier alpha value is 0.310. The zero-order chi connectivity index (χ0) is 8.81. The standard InChI is InChI=1S/C10H21NS/c1-9(8-11-2)12-10-6-4-3-5-7-10/h9-11H,3-8H2,1-2H3. The summed E-state index contributed by atoms with van der Waals surface area (Å²) >= 11 is 2.18. The first-order valence-corrected chi connectivity index (χ1v) is 6.07. The second-order valence-electron chi connectivity index (χ2n) is 3.76. The van der Waals surface area contributed by atoms with E-state index in [2.05, 4.69) is 24.0 Å². The molecule has 0 bridgehead atoms. The van der Waals surface area contributed by atoms with Crippen molar-refractivity contribution in [2.75, 3.05) is 13.6 Å². The molecule has 0 aromatic rings. The highest BCUT2D eigenvalue weighted by Crippen LogP contribution is 2.30. The van der Waals surface area contributed by atoms with E-state index in [1.165, 1.54) is 32.1 Å². The minimum Gasteiger partial charge on any atom is -0.319 e. The smallest absolute Gasteiger partial charge is 0.0146 e. The average Bonchev–Trinajstić information content (AvgIpc) is 2.06. The highest BCUT2D eigenvalue weighted by Gasteiger charge is 2.16. The fraction of sp³-hybridized carbons (Fsp3) is 1.00. The van der Waals surface area contributed by atoms with Crippen LogP contribution in [0.5, 0.6) is 0 Å². The second kappa shape index (κ2) is 5.87. The van der Waals surface area contributed by atoms with Crippen molar-refractivity contribution in [1.29, 1.82) is 0 Å². The van der Waals surface area contributed by atoms with E-state index in [4.69, 9.17) is 0 Å². The predicted molar refractivity (Wildman–Crippen MR) is 57.9 cm³/mol. The van der Waals surface area contributed by atoms with Crippen LogP contribution in [-0.2, 0) is 0 Å².